The summed E-state index contributed by atoms with van der Waals surface area (Å²) < 4.78 is 1.44. The lowest BCUT2D eigenvalue weighted by molar-refractivity contribution is -0.137. The zero-order valence-electron chi connectivity index (χ0n) is 13.9. The largest absolute Gasteiger partial charge is 0.481 e. The first-order valence-electron chi connectivity index (χ1n) is 7.86. The van der Waals surface area contributed by atoms with E-state index in [4.69, 9.17) is 10.8 Å². The highest BCUT2D eigenvalue weighted by molar-refractivity contribution is 7.20. The molecule has 0 aromatic carbocycles. The van der Waals surface area contributed by atoms with Crippen LogP contribution in [0.2, 0.25) is 0 Å². The molecule has 3 aromatic heterocycles. The number of thiophene rings is 1. The van der Waals surface area contributed by atoms with Gasteiger partial charge >= 0.3 is 5.97 Å². The molecule has 0 radical (unpaired) electrons. The molecule has 134 valence electrons. The minimum Gasteiger partial charge on any atom is -0.481 e. The highest BCUT2D eigenvalue weighted by Crippen LogP contribution is 2.29. The summed E-state index contributed by atoms with van der Waals surface area (Å²) in [6.07, 6.45) is 3.40. The maximum Gasteiger partial charge on any atom is 0.303 e. The van der Waals surface area contributed by atoms with Gasteiger partial charge in [-0.1, -0.05) is 0 Å². The lowest BCUT2D eigenvalue weighted by Crippen LogP contribution is -2.24. The van der Waals surface area contributed by atoms with Gasteiger partial charge in [0.2, 0.25) is 0 Å². The van der Waals surface area contributed by atoms with Gasteiger partial charge < -0.3 is 10.8 Å². The maximum absolute atomic E-state index is 13.1. The minimum absolute atomic E-state index is 0.0634. The lowest BCUT2D eigenvalue weighted by atomic mass is 10.2. The molecule has 8 nitrogen and oxygen atoms in total. The third kappa shape index (κ3) is 3.21. The molecule has 3 N–H and O–H groups in total. The Hall–Kier alpha value is -3.07. The van der Waals surface area contributed by atoms with Crippen LogP contribution in [-0.4, -0.2) is 31.5 Å². The molecule has 9 heteroatoms. The average Bonchev–Trinajstić information content (AvgIpc) is 2.94. The first-order valence-corrected chi connectivity index (χ1v) is 8.67. The summed E-state index contributed by atoms with van der Waals surface area (Å²) in [5.74, 6) is -1.15. The van der Waals surface area contributed by atoms with Gasteiger partial charge in [0, 0.05) is 30.9 Å². The van der Waals surface area contributed by atoms with Gasteiger partial charge in [-0.25, -0.2) is 4.98 Å². The number of primary amides is 1. The number of hydrogen-bond donors (Lipinski definition) is 2. The highest BCUT2D eigenvalue weighted by atomic mass is 32.1. The molecule has 0 unspecified atom stereocenters. The molecule has 0 aliphatic rings. The Kier molecular flexibility index (Phi) is 4.81. The molecule has 1 amide bonds. The smallest absolute Gasteiger partial charge is 0.303 e. The van der Waals surface area contributed by atoms with Crippen molar-refractivity contribution in [3.8, 4) is 11.4 Å². The van der Waals surface area contributed by atoms with Gasteiger partial charge in [-0.2, -0.15) is 0 Å². The van der Waals surface area contributed by atoms with E-state index in [2.05, 4.69) is 9.97 Å². The Morgan fingerprint density at radius 2 is 2.15 bits per heavy atom. The van der Waals surface area contributed by atoms with Crippen molar-refractivity contribution in [1.29, 1.82) is 0 Å². The summed E-state index contributed by atoms with van der Waals surface area (Å²) in [6.45, 7) is 1.85. The summed E-state index contributed by atoms with van der Waals surface area (Å²) in [4.78, 5) is 44.8. The van der Waals surface area contributed by atoms with Crippen molar-refractivity contribution in [3.63, 3.8) is 0 Å². The predicted octanol–water partition coefficient (Wildman–Crippen LogP) is 1.79. The molecule has 0 fully saturated rings. The molecule has 0 spiro atoms. The monoisotopic (exact) mass is 372 g/mol. The minimum atomic E-state index is -0.933. The van der Waals surface area contributed by atoms with Gasteiger partial charge in [-0.05, 0) is 31.0 Å². The van der Waals surface area contributed by atoms with Gasteiger partial charge in [-0.3, -0.25) is 23.9 Å². The van der Waals surface area contributed by atoms with Crippen molar-refractivity contribution in [3.05, 3.63) is 45.3 Å². The summed E-state index contributed by atoms with van der Waals surface area (Å²) in [5.41, 5.74) is 6.20. The van der Waals surface area contributed by atoms with E-state index < -0.39 is 11.9 Å². The third-order valence-electron chi connectivity index (χ3n) is 3.97. The summed E-state index contributed by atoms with van der Waals surface area (Å²) in [6, 6.07) is 3.49. The number of aliphatic carboxylic acids is 1. The van der Waals surface area contributed by atoms with Crippen LogP contribution in [0, 0.1) is 6.92 Å². The van der Waals surface area contributed by atoms with E-state index in [0.717, 1.165) is 11.3 Å². The lowest BCUT2D eigenvalue weighted by Gasteiger charge is -2.12. The number of nitrogens with two attached hydrogens (primary N) is 1. The number of carbonyl (C=O) groups is 2. The Morgan fingerprint density at radius 1 is 1.38 bits per heavy atom. The number of fused-ring (bicyclic) bond motifs is 1. The first-order chi connectivity index (χ1) is 12.4. The number of aryl methyl sites for hydroxylation is 1. The molecule has 0 saturated heterocycles. The SMILES string of the molecule is Cc1c(C(N)=O)sc2nc(-c3cccnc3)n(CCCC(=O)O)c(=O)c12. The number of carbonyl (C=O) groups excluding carboxylic acids is 1. The standard InChI is InChI=1S/C17H16N4O4S/c1-9-12-16(26-13(9)14(18)24)20-15(10-4-2-6-19-8-10)21(17(12)25)7-3-5-11(22)23/h2,4,6,8H,3,5,7H2,1H3,(H2,18,24)(H,22,23). The van der Waals surface area contributed by atoms with Gasteiger partial charge in [0.25, 0.3) is 11.5 Å². The second-order valence-corrected chi connectivity index (χ2v) is 6.73. The zero-order chi connectivity index (χ0) is 18.8. The van der Waals surface area contributed by atoms with Gasteiger partial charge in [-0.15, -0.1) is 11.3 Å². The molecule has 26 heavy (non-hydrogen) atoms. The van der Waals surface area contributed by atoms with Crippen LogP contribution in [0.3, 0.4) is 0 Å². The zero-order valence-corrected chi connectivity index (χ0v) is 14.7. The van der Waals surface area contributed by atoms with Gasteiger partial charge in [0.05, 0.1) is 10.3 Å². The molecule has 0 bridgehead atoms. The number of carboxylic acid groups (broad SMARTS) is 1. The molecular weight excluding hydrogens is 356 g/mol. The van der Waals surface area contributed by atoms with Crippen LogP contribution in [0.5, 0.6) is 0 Å². The molecule has 3 rings (SSSR count). The van der Waals surface area contributed by atoms with Crippen LogP contribution in [0.15, 0.2) is 29.3 Å². The van der Waals surface area contributed by atoms with Crippen LogP contribution in [0.1, 0.15) is 28.1 Å². The van der Waals surface area contributed by atoms with E-state index in [9.17, 15) is 14.4 Å². The van der Waals surface area contributed by atoms with E-state index >= 15 is 0 Å². The summed E-state index contributed by atoms with van der Waals surface area (Å²) >= 11 is 1.08. The van der Waals surface area contributed by atoms with Crippen molar-refractivity contribution >= 4 is 33.4 Å². The van der Waals surface area contributed by atoms with Gasteiger partial charge in [0.15, 0.2) is 0 Å². The van der Waals surface area contributed by atoms with E-state index in [0.29, 0.717) is 32.0 Å². The second kappa shape index (κ2) is 7.04. The summed E-state index contributed by atoms with van der Waals surface area (Å²) in [7, 11) is 0. The van der Waals surface area contributed by atoms with Crippen molar-refractivity contribution < 1.29 is 14.7 Å². The van der Waals surface area contributed by atoms with Crippen molar-refractivity contribution in [1.82, 2.24) is 14.5 Å². The third-order valence-corrected chi connectivity index (χ3v) is 5.17. The van der Waals surface area contributed by atoms with Crippen LogP contribution in [0.4, 0.5) is 0 Å². The Labute approximate surface area is 151 Å². The van der Waals surface area contributed by atoms with E-state index in [1.807, 2.05) is 0 Å². The number of amides is 1. The quantitative estimate of drug-likeness (QED) is 0.679. The molecule has 0 saturated carbocycles. The number of pyridine rings is 1. The number of rotatable bonds is 6. The second-order valence-electron chi connectivity index (χ2n) is 5.73. The molecule has 0 aliphatic carbocycles. The fraction of sp³-hybridized carbons (Fsp3) is 0.235. The van der Waals surface area contributed by atoms with E-state index in [1.165, 1.54) is 4.57 Å². The van der Waals surface area contributed by atoms with Crippen molar-refractivity contribution in [2.45, 2.75) is 26.3 Å². The van der Waals surface area contributed by atoms with E-state index in [-0.39, 0.29) is 24.9 Å². The highest BCUT2D eigenvalue weighted by Gasteiger charge is 2.21. The predicted molar refractivity (Wildman–Crippen MR) is 97.2 cm³/mol. The number of hydrogen-bond acceptors (Lipinski definition) is 6. The van der Waals surface area contributed by atoms with Crippen molar-refractivity contribution in [2.75, 3.05) is 0 Å². The Bertz CT molecular complexity index is 1060. The van der Waals surface area contributed by atoms with Crippen LogP contribution < -0.4 is 11.3 Å². The number of aromatic nitrogens is 3. The maximum atomic E-state index is 13.1. The van der Waals surface area contributed by atoms with Crippen molar-refractivity contribution in [2.24, 2.45) is 5.73 Å². The number of carboxylic acids is 1. The van der Waals surface area contributed by atoms with Crippen LogP contribution in [0.25, 0.3) is 21.6 Å². The summed E-state index contributed by atoms with van der Waals surface area (Å²) in [5, 5.41) is 9.20. The van der Waals surface area contributed by atoms with E-state index in [1.54, 1.807) is 31.5 Å². The fourth-order valence-electron chi connectivity index (χ4n) is 2.76. The Morgan fingerprint density at radius 3 is 2.77 bits per heavy atom. The molecular formula is C17H16N4O4S. The van der Waals surface area contributed by atoms with Gasteiger partial charge in [0.1, 0.15) is 10.7 Å². The van der Waals surface area contributed by atoms with Crippen LogP contribution >= 0.6 is 11.3 Å². The molecule has 3 aromatic rings. The van der Waals surface area contributed by atoms with Crippen LogP contribution in [-0.2, 0) is 11.3 Å². The average molecular weight is 372 g/mol. The first kappa shape index (κ1) is 17.7. The Balaban J connectivity index is 2.24. The molecule has 0 atom stereocenters. The molecule has 3 heterocycles. The number of nitrogens with zero attached hydrogens (tertiary/aromatic N) is 3. The molecule has 0 aliphatic heterocycles. The normalized spacial score (nSPS) is 11.0. The topological polar surface area (TPSA) is 128 Å². The fourth-order valence-corrected chi connectivity index (χ4v) is 3.79.